The summed E-state index contributed by atoms with van der Waals surface area (Å²) in [4.78, 5) is 11.6. The predicted octanol–water partition coefficient (Wildman–Crippen LogP) is 7.90. The summed E-state index contributed by atoms with van der Waals surface area (Å²) in [5, 5.41) is 3.13. The molecule has 4 heteroatoms. The Morgan fingerprint density at radius 2 is 1.34 bits per heavy atom. The average Bonchev–Trinajstić information content (AvgIpc) is 2.72. The molecule has 1 rings (SSSR count). The van der Waals surface area contributed by atoms with Gasteiger partial charge in [-0.25, -0.2) is 9.18 Å². The number of carbonyl (C=O) groups excluding carboxylic acids is 1. The highest BCUT2D eigenvalue weighted by atomic mass is 19.1. The molecule has 166 valence electrons. The van der Waals surface area contributed by atoms with Crippen molar-refractivity contribution >= 4 is 11.7 Å². The fourth-order valence-electron chi connectivity index (χ4n) is 3.54. The molecule has 0 fully saturated rings. The van der Waals surface area contributed by atoms with Crippen LogP contribution in [0.15, 0.2) is 18.2 Å². The number of unbranched alkanes of at least 4 members (excludes halogenated alkanes) is 13. The summed E-state index contributed by atoms with van der Waals surface area (Å²) in [6, 6.07) is 4.46. The molecule has 0 spiro atoms. The monoisotopic (exact) mass is 407 g/mol. The number of ether oxygens (including phenoxy) is 1. The second-order valence-corrected chi connectivity index (χ2v) is 7.94. The molecule has 0 unspecified atom stereocenters. The summed E-state index contributed by atoms with van der Waals surface area (Å²) >= 11 is 0. The van der Waals surface area contributed by atoms with Crippen LogP contribution in [0.25, 0.3) is 0 Å². The van der Waals surface area contributed by atoms with Gasteiger partial charge in [0.1, 0.15) is 5.82 Å². The second-order valence-electron chi connectivity index (χ2n) is 7.94. The first kappa shape index (κ1) is 25.5. The van der Waals surface area contributed by atoms with Gasteiger partial charge in [0.15, 0.2) is 0 Å². The molecular weight excluding hydrogens is 365 g/mol. The minimum Gasteiger partial charge on any atom is -0.462 e. The van der Waals surface area contributed by atoms with Crippen molar-refractivity contribution in [3.05, 3.63) is 29.6 Å². The van der Waals surface area contributed by atoms with E-state index in [1.165, 1.54) is 89.5 Å². The van der Waals surface area contributed by atoms with Crippen LogP contribution in [0.2, 0.25) is 0 Å². The van der Waals surface area contributed by atoms with E-state index in [1.54, 1.807) is 19.1 Å². The van der Waals surface area contributed by atoms with Gasteiger partial charge in [-0.05, 0) is 31.5 Å². The summed E-state index contributed by atoms with van der Waals surface area (Å²) < 4.78 is 18.9. The largest absolute Gasteiger partial charge is 0.462 e. The molecule has 0 heterocycles. The summed E-state index contributed by atoms with van der Waals surface area (Å²) in [5.74, 6) is -0.883. The minimum atomic E-state index is -0.482. The lowest BCUT2D eigenvalue weighted by Crippen LogP contribution is -2.07. The molecule has 0 radical (unpaired) electrons. The fraction of sp³-hybridized carbons (Fsp3) is 0.720. The molecule has 3 nitrogen and oxygen atoms in total. The van der Waals surface area contributed by atoms with Crippen molar-refractivity contribution < 1.29 is 13.9 Å². The second kappa shape index (κ2) is 17.3. The first-order valence-electron chi connectivity index (χ1n) is 11.9. The van der Waals surface area contributed by atoms with Gasteiger partial charge in [0, 0.05) is 6.54 Å². The Morgan fingerprint density at radius 1 is 0.828 bits per heavy atom. The van der Waals surface area contributed by atoms with Gasteiger partial charge in [0.2, 0.25) is 0 Å². The number of halogens is 1. The van der Waals surface area contributed by atoms with Crippen molar-refractivity contribution in [2.45, 2.75) is 104 Å². The van der Waals surface area contributed by atoms with Gasteiger partial charge >= 0.3 is 5.97 Å². The van der Waals surface area contributed by atoms with Crippen LogP contribution in [0.4, 0.5) is 10.1 Å². The van der Waals surface area contributed by atoms with Crippen molar-refractivity contribution in [3.63, 3.8) is 0 Å². The van der Waals surface area contributed by atoms with E-state index in [0.717, 1.165) is 13.0 Å². The van der Waals surface area contributed by atoms with E-state index >= 15 is 0 Å². The van der Waals surface area contributed by atoms with Crippen LogP contribution >= 0.6 is 0 Å². The fourth-order valence-corrected chi connectivity index (χ4v) is 3.54. The molecule has 29 heavy (non-hydrogen) atoms. The van der Waals surface area contributed by atoms with E-state index in [9.17, 15) is 9.18 Å². The number of rotatable bonds is 18. The van der Waals surface area contributed by atoms with Crippen LogP contribution in [0, 0.1) is 5.82 Å². The maximum absolute atomic E-state index is 14.1. The zero-order chi connectivity index (χ0) is 21.2. The molecule has 0 aliphatic rings. The van der Waals surface area contributed by atoms with E-state index < -0.39 is 11.8 Å². The zero-order valence-corrected chi connectivity index (χ0v) is 18.7. The SMILES string of the molecule is CCCCCCCCCCCCCCCCNc1ccc(C(=O)OCC)cc1F. The smallest absolute Gasteiger partial charge is 0.338 e. The maximum atomic E-state index is 14.1. The third-order valence-electron chi connectivity index (χ3n) is 5.33. The minimum absolute atomic E-state index is 0.256. The van der Waals surface area contributed by atoms with Crippen LogP contribution in [-0.2, 0) is 4.74 Å². The molecule has 0 aromatic heterocycles. The molecule has 1 aromatic rings. The molecular formula is C25H42FNO2. The number of carbonyl (C=O) groups is 1. The van der Waals surface area contributed by atoms with Gasteiger partial charge in [-0.1, -0.05) is 90.4 Å². The number of benzene rings is 1. The number of hydrogen-bond acceptors (Lipinski definition) is 3. The number of esters is 1. The van der Waals surface area contributed by atoms with Crippen LogP contribution in [-0.4, -0.2) is 19.1 Å². The van der Waals surface area contributed by atoms with Gasteiger partial charge in [-0.2, -0.15) is 0 Å². The Morgan fingerprint density at radius 3 is 1.83 bits per heavy atom. The van der Waals surface area contributed by atoms with Crippen LogP contribution in [0.5, 0.6) is 0 Å². The molecule has 0 amide bonds. The molecule has 0 atom stereocenters. The highest BCUT2D eigenvalue weighted by Gasteiger charge is 2.10. The van der Waals surface area contributed by atoms with Gasteiger partial charge in [0.05, 0.1) is 17.9 Å². The molecule has 1 aromatic carbocycles. The topological polar surface area (TPSA) is 38.3 Å². The van der Waals surface area contributed by atoms with Gasteiger partial charge in [-0.15, -0.1) is 0 Å². The van der Waals surface area contributed by atoms with E-state index in [2.05, 4.69) is 12.2 Å². The Balaban J connectivity index is 1.96. The van der Waals surface area contributed by atoms with Crippen LogP contribution < -0.4 is 5.32 Å². The lowest BCUT2D eigenvalue weighted by atomic mass is 10.0. The first-order valence-corrected chi connectivity index (χ1v) is 11.9. The van der Waals surface area contributed by atoms with Crippen molar-refractivity contribution in [1.82, 2.24) is 0 Å². The first-order chi connectivity index (χ1) is 14.2. The van der Waals surface area contributed by atoms with E-state index in [-0.39, 0.29) is 5.56 Å². The molecule has 0 saturated carbocycles. The summed E-state index contributed by atoms with van der Waals surface area (Å²) in [6.45, 7) is 5.05. The Bertz CT molecular complexity index is 548. The molecule has 0 bridgehead atoms. The van der Waals surface area contributed by atoms with Crippen molar-refractivity contribution in [2.75, 3.05) is 18.5 Å². The molecule has 0 saturated heterocycles. The zero-order valence-electron chi connectivity index (χ0n) is 18.7. The van der Waals surface area contributed by atoms with Crippen molar-refractivity contribution in [1.29, 1.82) is 0 Å². The maximum Gasteiger partial charge on any atom is 0.338 e. The molecule has 1 N–H and O–H groups in total. The summed E-state index contributed by atoms with van der Waals surface area (Å²) in [7, 11) is 0. The van der Waals surface area contributed by atoms with E-state index in [1.807, 2.05) is 0 Å². The van der Waals surface area contributed by atoms with Crippen molar-refractivity contribution in [2.24, 2.45) is 0 Å². The van der Waals surface area contributed by atoms with E-state index in [4.69, 9.17) is 4.74 Å². The standard InChI is InChI=1S/C25H42FNO2/c1-3-5-6-7-8-9-10-11-12-13-14-15-16-17-20-27-24-19-18-22(21-23(24)26)25(28)29-4-2/h18-19,21,27H,3-17,20H2,1-2H3. The number of hydrogen-bond donors (Lipinski definition) is 1. The van der Waals surface area contributed by atoms with Crippen LogP contribution in [0.3, 0.4) is 0 Å². The van der Waals surface area contributed by atoms with Gasteiger partial charge in [-0.3, -0.25) is 0 Å². The van der Waals surface area contributed by atoms with Gasteiger partial charge in [0.25, 0.3) is 0 Å². The third kappa shape index (κ3) is 12.6. The summed E-state index contributed by atoms with van der Waals surface area (Å²) in [6.07, 6.45) is 18.6. The van der Waals surface area contributed by atoms with E-state index in [0.29, 0.717) is 12.3 Å². The molecule has 0 aliphatic heterocycles. The Kier molecular flexibility index (Phi) is 15.2. The number of nitrogens with one attached hydrogen (secondary N) is 1. The average molecular weight is 408 g/mol. The third-order valence-corrected chi connectivity index (χ3v) is 5.33. The highest BCUT2D eigenvalue weighted by Crippen LogP contribution is 2.17. The highest BCUT2D eigenvalue weighted by molar-refractivity contribution is 5.89. The Hall–Kier alpha value is -1.58. The number of anilines is 1. The lowest BCUT2D eigenvalue weighted by molar-refractivity contribution is 0.0526. The quantitative estimate of drug-likeness (QED) is 0.198. The Labute approximate surface area is 177 Å². The molecule has 0 aliphatic carbocycles. The predicted molar refractivity (Wildman–Crippen MR) is 121 cm³/mol. The van der Waals surface area contributed by atoms with Crippen molar-refractivity contribution in [3.8, 4) is 0 Å². The van der Waals surface area contributed by atoms with Gasteiger partial charge < -0.3 is 10.1 Å². The lowest BCUT2D eigenvalue weighted by Gasteiger charge is -2.09. The van der Waals surface area contributed by atoms with Crippen LogP contribution in [0.1, 0.15) is 114 Å². The summed E-state index contributed by atoms with van der Waals surface area (Å²) in [5.41, 5.74) is 0.708. The normalized spacial score (nSPS) is 10.9.